The molecule has 2 aromatic carbocycles. The zero-order valence-corrected chi connectivity index (χ0v) is 16.2. The second-order valence-corrected chi connectivity index (χ2v) is 7.52. The first-order chi connectivity index (χ1) is 12.7. The van der Waals surface area contributed by atoms with E-state index in [1.54, 1.807) is 13.8 Å². The molecule has 0 saturated carbocycles. The van der Waals surface area contributed by atoms with Crippen LogP contribution in [0, 0.1) is 10.1 Å². The molecule has 27 heavy (non-hydrogen) atoms. The van der Waals surface area contributed by atoms with Gasteiger partial charge in [0.15, 0.2) is 4.90 Å². The molecule has 2 rings (SSSR count). The molecular weight excluding hydrogens is 396 g/mol. The first kappa shape index (κ1) is 20.7. The van der Waals surface area contributed by atoms with Gasteiger partial charge in [-0.3, -0.25) is 14.4 Å². The summed E-state index contributed by atoms with van der Waals surface area (Å²) in [6, 6.07) is 9.15. The molecule has 0 radical (unpaired) electrons. The summed E-state index contributed by atoms with van der Waals surface area (Å²) in [7, 11) is -4.22. The second kappa shape index (κ2) is 8.36. The van der Waals surface area contributed by atoms with Crippen molar-refractivity contribution in [1.29, 1.82) is 0 Å². The minimum absolute atomic E-state index is 0.00344. The first-order valence-corrected chi connectivity index (χ1v) is 9.78. The van der Waals surface area contributed by atoms with Gasteiger partial charge in [0.05, 0.1) is 27.8 Å². The maximum Gasteiger partial charge on any atom is 0.339 e. The van der Waals surface area contributed by atoms with Gasteiger partial charge in [-0.15, -0.1) is 0 Å². The van der Waals surface area contributed by atoms with Gasteiger partial charge < -0.3 is 4.74 Å². The van der Waals surface area contributed by atoms with Crippen LogP contribution in [0.15, 0.2) is 47.4 Å². The van der Waals surface area contributed by atoms with Crippen molar-refractivity contribution < 1.29 is 22.9 Å². The number of esters is 1. The molecule has 0 spiro atoms. The molecule has 0 aliphatic rings. The van der Waals surface area contributed by atoms with Crippen LogP contribution in [0.3, 0.4) is 0 Å². The fourth-order valence-corrected chi connectivity index (χ4v) is 4.35. The number of hydrogen-bond donors (Lipinski definition) is 0. The van der Waals surface area contributed by atoms with Crippen LogP contribution in [0.25, 0.3) is 0 Å². The smallest absolute Gasteiger partial charge is 0.339 e. The standard InChI is InChI=1S/C17H17ClN2O6S/c1-3-19(12-9-10-13(14(18)11-12)17(21)26-4-2)27(24,25)16-8-6-5-7-15(16)20(22)23/h5-11H,3-4H2,1-2H3. The number of carbonyl (C=O) groups is 1. The third-order valence-corrected chi connectivity index (χ3v) is 5.92. The summed E-state index contributed by atoms with van der Waals surface area (Å²) >= 11 is 6.11. The zero-order chi connectivity index (χ0) is 20.2. The predicted octanol–water partition coefficient (Wildman–Crippen LogP) is 3.64. The molecule has 10 heteroatoms. The van der Waals surface area contributed by atoms with Crippen LogP contribution < -0.4 is 4.31 Å². The molecule has 2 aromatic rings. The zero-order valence-electron chi connectivity index (χ0n) is 14.6. The lowest BCUT2D eigenvalue weighted by Crippen LogP contribution is -2.31. The van der Waals surface area contributed by atoms with Gasteiger partial charge in [0.1, 0.15) is 0 Å². The average molecular weight is 413 g/mol. The maximum absolute atomic E-state index is 13.0. The van der Waals surface area contributed by atoms with Crippen molar-refractivity contribution in [2.45, 2.75) is 18.7 Å². The Labute approximate surface area is 161 Å². The summed E-state index contributed by atoms with van der Waals surface area (Å²) in [5.74, 6) is -0.626. The number of carbonyl (C=O) groups excluding carboxylic acids is 1. The lowest BCUT2D eigenvalue weighted by atomic mass is 10.2. The van der Waals surface area contributed by atoms with Crippen LogP contribution in [0.1, 0.15) is 24.2 Å². The fraction of sp³-hybridized carbons (Fsp3) is 0.235. The summed E-state index contributed by atoms with van der Waals surface area (Å²) in [5.41, 5.74) is -0.250. The minimum atomic E-state index is -4.22. The van der Waals surface area contributed by atoms with E-state index in [1.807, 2.05) is 0 Å². The number of hydrogen-bond acceptors (Lipinski definition) is 6. The Morgan fingerprint density at radius 3 is 2.44 bits per heavy atom. The molecule has 0 saturated heterocycles. The second-order valence-electron chi connectivity index (χ2n) is 5.28. The van der Waals surface area contributed by atoms with Crippen LogP contribution in [0.2, 0.25) is 5.02 Å². The van der Waals surface area contributed by atoms with Gasteiger partial charge in [0.25, 0.3) is 15.7 Å². The molecule has 144 valence electrons. The Balaban J connectivity index is 2.52. The lowest BCUT2D eigenvalue weighted by molar-refractivity contribution is -0.387. The van der Waals surface area contributed by atoms with Crippen molar-refractivity contribution >= 4 is 39.0 Å². The highest BCUT2D eigenvalue weighted by atomic mass is 35.5. The van der Waals surface area contributed by atoms with Crippen molar-refractivity contribution in [2.75, 3.05) is 17.5 Å². The van der Waals surface area contributed by atoms with Crippen molar-refractivity contribution in [3.8, 4) is 0 Å². The Kier molecular flexibility index (Phi) is 6.40. The highest BCUT2D eigenvalue weighted by molar-refractivity contribution is 7.93. The summed E-state index contributed by atoms with van der Waals surface area (Å²) in [6.07, 6.45) is 0. The van der Waals surface area contributed by atoms with E-state index < -0.39 is 31.5 Å². The molecular formula is C17H17ClN2O6S. The first-order valence-electron chi connectivity index (χ1n) is 7.96. The molecule has 0 unspecified atom stereocenters. The molecule has 0 aromatic heterocycles. The van der Waals surface area contributed by atoms with Crippen molar-refractivity contribution in [3.63, 3.8) is 0 Å². The Morgan fingerprint density at radius 1 is 1.22 bits per heavy atom. The Morgan fingerprint density at radius 2 is 1.89 bits per heavy atom. The van der Waals surface area contributed by atoms with E-state index in [9.17, 15) is 23.3 Å². The van der Waals surface area contributed by atoms with Gasteiger partial charge in [-0.05, 0) is 38.1 Å². The quantitative estimate of drug-likeness (QED) is 0.390. The van der Waals surface area contributed by atoms with E-state index in [1.165, 1.54) is 36.4 Å². The fourth-order valence-electron chi connectivity index (χ4n) is 2.47. The van der Waals surface area contributed by atoms with Crippen molar-refractivity contribution in [3.05, 3.63) is 63.2 Å². The summed E-state index contributed by atoms with van der Waals surface area (Å²) in [4.78, 5) is 21.9. The summed E-state index contributed by atoms with van der Waals surface area (Å²) in [6.45, 7) is 3.41. The van der Waals surface area contributed by atoms with Crippen LogP contribution >= 0.6 is 11.6 Å². The monoisotopic (exact) mass is 412 g/mol. The topological polar surface area (TPSA) is 107 Å². The number of halogens is 1. The van der Waals surface area contributed by atoms with E-state index in [0.29, 0.717) is 0 Å². The third kappa shape index (κ3) is 4.20. The maximum atomic E-state index is 13.0. The molecule has 0 amide bonds. The number of nitrogens with zero attached hydrogens (tertiary/aromatic N) is 2. The Bertz CT molecular complexity index is 977. The van der Waals surface area contributed by atoms with E-state index in [-0.39, 0.29) is 29.4 Å². The highest BCUT2D eigenvalue weighted by Gasteiger charge is 2.31. The average Bonchev–Trinajstić information content (AvgIpc) is 2.62. The van der Waals surface area contributed by atoms with Crippen molar-refractivity contribution in [2.24, 2.45) is 0 Å². The predicted molar refractivity (Wildman–Crippen MR) is 101 cm³/mol. The SMILES string of the molecule is CCOC(=O)c1ccc(N(CC)S(=O)(=O)c2ccccc2[N+](=O)[O-])cc1Cl. The summed E-state index contributed by atoms with van der Waals surface area (Å²) in [5, 5.41) is 11.2. The van der Waals surface area contributed by atoms with Gasteiger partial charge in [0, 0.05) is 12.6 Å². The van der Waals surface area contributed by atoms with Crippen LogP contribution in [-0.4, -0.2) is 32.5 Å². The molecule has 0 atom stereocenters. The number of sulfonamides is 1. The molecule has 0 fully saturated rings. The van der Waals surface area contributed by atoms with E-state index >= 15 is 0 Å². The minimum Gasteiger partial charge on any atom is -0.462 e. The highest BCUT2D eigenvalue weighted by Crippen LogP contribution is 2.32. The molecule has 0 N–H and O–H groups in total. The van der Waals surface area contributed by atoms with E-state index in [4.69, 9.17) is 16.3 Å². The molecule has 0 bridgehead atoms. The number of ether oxygens (including phenoxy) is 1. The van der Waals surface area contributed by atoms with Gasteiger partial charge in [-0.25, -0.2) is 13.2 Å². The van der Waals surface area contributed by atoms with Gasteiger partial charge in [0.2, 0.25) is 0 Å². The van der Waals surface area contributed by atoms with E-state index in [0.717, 1.165) is 10.4 Å². The number of para-hydroxylation sites is 1. The van der Waals surface area contributed by atoms with Gasteiger partial charge >= 0.3 is 5.97 Å². The number of nitro benzene ring substituents is 1. The molecule has 0 heterocycles. The largest absolute Gasteiger partial charge is 0.462 e. The molecule has 0 aliphatic heterocycles. The van der Waals surface area contributed by atoms with Gasteiger partial charge in [-0.2, -0.15) is 0 Å². The van der Waals surface area contributed by atoms with Crippen LogP contribution in [0.5, 0.6) is 0 Å². The summed E-state index contributed by atoms with van der Waals surface area (Å²) < 4.78 is 31.9. The number of rotatable bonds is 7. The Hall–Kier alpha value is -2.65. The van der Waals surface area contributed by atoms with Crippen molar-refractivity contribution in [1.82, 2.24) is 0 Å². The third-order valence-electron chi connectivity index (χ3n) is 3.65. The number of nitro groups is 1. The lowest BCUT2D eigenvalue weighted by Gasteiger charge is -2.23. The van der Waals surface area contributed by atoms with Gasteiger partial charge in [-0.1, -0.05) is 23.7 Å². The number of anilines is 1. The molecule has 0 aliphatic carbocycles. The molecule has 8 nitrogen and oxygen atoms in total. The van der Waals surface area contributed by atoms with Crippen LogP contribution in [0.4, 0.5) is 11.4 Å². The normalized spacial score (nSPS) is 11.1. The van der Waals surface area contributed by atoms with Crippen LogP contribution in [-0.2, 0) is 14.8 Å². The van der Waals surface area contributed by atoms with E-state index in [2.05, 4.69) is 0 Å². The number of benzene rings is 2.